The molecule has 0 heterocycles. The number of carboxylic acid groups (broad SMARTS) is 2. The third kappa shape index (κ3) is 18.5. The van der Waals surface area contributed by atoms with E-state index in [0.29, 0.717) is 0 Å². The molecule has 58 valence electrons. The predicted molar refractivity (Wildman–Crippen MR) is 20.1 cm³/mol. The van der Waals surface area contributed by atoms with Crippen LogP contribution in [0.4, 0.5) is 0 Å². The van der Waals surface area contributed by atoms with E-state index in [2.05, 4.69) is 0 Å². The van der Waals surface area contributed by atoms with Crippen molar-refractivity contribution in [2.75, 3.05) is 0 Å². The Bertz CT molecular complexity index is 82.6. The van der Waals surface area contributed by atoms with Crippen molar-refractivity contribution >= 4 is 11.9 Å². The third-order valence-electron chi connectivity index (χ3n) is 0.167. The van der Waals surface area contributed by atoms with Crippen LogP contribution in [-0.4, -0.2) is 11.9 Å². The predicted octanol–water partition coefficient (Wildman–Crippen LogP) is -3.19. The standard InChI is InChI=1S/C2H2O4.2H3N.Pt/c3-1(4)2(5)6;;;/h(H,3,4)(H,5,6);2*1H3;/q;;;+2/p-2. The maximum absolute atomic E-state index is 8.93. The van der Waals surface area contributed by atoms with Gasteiger partial charge in [0.25, 0.3) is 0 Å². The molecule has 0 rings (SSSR count). The van der Waals surface area contributed by atoms with Crippen LogP contribution in [0.25, 0.3) is 0 Å². The molecule has 9 heavy (non-hydrogen) atoms. The van der Waals surface area contributed by atoms with Crippen molar-refractivity contribution in [3.8, 4) is 0 Å². The maximum atomic E-state index is 8.93. The van der Waals surface area contributed by atoms with E-state index in [9.17, 15) is 0 Å². The molecule has 0 saturated carbocycles. The Hall–Kier alpha value is -0.452. The second-order valence-corrected chi connectivity index (χ2v) is 0.575. The minimum atomic E-state index is -2.19. The van der Waals surface area contributed by atoms with Gasteiger partial charge >= 0.3 is 21.1 Å². The van der Waals surface area contributed by atoms with Gasteiger partial charge in [0.1, 0.15) is 0 Å². The van der Waals surface area contributed by atoms with Gasteiger partial charge in [0.2, 0.25) is 0 Å². The summed E-state index contributed by atoms with van der Waals surface area (Å²) in [6.45, 7) is 0. The van der Waals surface area contributed by atoms with Crippen molar-refractivity contribution in [1.29, 1.82) is 0 Å². The molecular formula is C2H6N2O4Pt. The fraction of sp³-hybridized carbons (Fsp3) is 0. The summed E-state index contributed by atoms with van der Waals surface area (Å²) in [6, 6.07) is 0. The molecule has 6 N–H and O–H groups in total. The molecule has 0 unspecified atom stereocenters. The van der Waals surface area contributed by atoms with Gasteiger partial charge in [-0.25, -0.2) is 0 Å². The molecule has 0 fully saturated rings. The smallest absolute Gasteiger partial charge is 0.543 e. The van der Waals surface area contributed by atoms with Gasteiger partial charge in [-0.15, -0.1) is 0 Å². The van der Waals surface area contributed by atoms with Crippen molar-refractivity contribution in [3.05, 3.63) is 0 Å². The van der Waals surface area contributed by atoms with E-state index in [4.69, 9.17) is 19.8 Å². The molecule has 0 atom stereocenters. The molecule has 7 heteroatoms. The Kier molecular flexibility index (Phi) is 27.5. The van der Waals surface area contributed by atoms with Gasteiger partial charge in [0, 0.05) is 0 Å². The number of carbonyl (C=O) groups excluding carboxylic acids is 2. The first kappa shape index (κ1) is 23.5. The summed E-state index contributed by atoms with van der Waals surface area (Å²) < 4.78 is 0. The zero-order chi connectivity index (χ0) is 5.15. The van der Waals surface area contributed by atoms with Crippen LogP contribution >= 0.6 is 0 Å². The van der Waals surface area contributed by atoms with E-state index in [-0.39, 0.29) is 33.4 Å². The fourth-order valence-electron chi connectivity index (χ4n) is 0. The zero-order valence-corrected chi connectivity index (χ0v) is 6.64. The van der Waals surface area contributed by atoms with Gasteiger partial charge in [-0.05, 0) is 0 Å². The van der Waals surface area contributed by atoms with E-state index in [0.717, 1.165) is 0 Å². The molecule has 0 aliphatic heterocycles. The number of hydrogen-bond donors (Lipinski definition) is 2. The van der Waals surface area contributed by atoms with Gasteiger partial charge in [-0.1, -0.05) is 0 Å². The van der Waals surface area contributed by atoms with E-state index in [1.165, 1.54) is 0 Å². The Balaban J connectivity index is -0.0000000417. The molecule has 0 aliphatic rings. The molecule has 0 saturated heterocycles. The molecule has 0 aromatic heterocycles. The van der Waals surface area contributed by atoms with Crippen molar-refractivity contribution < 1.29 is 40.9 Å². The first-order valence-electron chi connectivity index (χ1n) is 1.07. The summed E-state index contributed by atoms with van der Waals surface area (Å²) in [7, 11) is 0. The van der Waals surface area contributed by atoms with Crippen LogP contribution in [-0.2, 0) is 30.7 Å². The maximum Gasteiger partial charge on any atom is 2.00 e. The van der Waals surface area contributed by atoms with E-state index < -0.39 is 11.9 Å². The Morgan fingerprint density at radius 2 is 1.00 bits per heavy atom. The van der Waals surface area contributed by atoms with Crippen LogP contribution in [0.3, 0.4) is 0 Å². The minimum absolute atomic E-state index is 0. The molecular weight excluding hydrogens is 311 g/mol. The van der Waals surface area contributed by atoms with Gasteiger partial charge < -0.3 is 32.1 Å². The van der Waals surface area contributed by atoms with Crippen LogP contribution in [0.15, 0.2) is 0 Å². The van der Waals surface area contributed by atoms with Gasteiger partial charge in [0.15, 0.2) is 0 Å². The average Bonchev–Trinajstić information content (AvgIpc) is 1.36. The van der Waals surface area contributed by atoms with Gasteiger partial charge in [-0.2, -0.15) is 0 Å². The molecule has 6 nitrogen and oxygen atoms in total. The molecule has 0 amide bonds. The fourth-order valence-corrected chi connectivity index (χ4v) is 0. The summed E-state index contributed by atoms with van der Waals surface area (Å²) in [6.07, 6.45) is 0. The quantitative estimate of drug-likeness (QED) is 0.449. The van der Waals surface area contributed by atoms with Crippen molar-refractivity contribution in [3.63, 3.8) is 0 Å². The molecule has 0 aliphatic carbocycles. The SMILES string of the molecule is N.N.O=C([O-])C(=O)[O-].[Pt+2]. The minimum Gasteiger partial charge on any atom is -0.543 e. The second-order valence-electron chi connectivity index (χ2n) is 0.575. The number of carbonyl (C=O) groups is 2. The van der Waals surface area contributed by atoms with Gasteiger partial charge in [-0.3, -0.25) is 0 Å². The third-order valence-corrected chi connectivity index (χ3v) is 0.167. The second kappa shape index (κ2) is 10.5. The van der Waals surface area contributed by atoms with Crippen LogP contribution in [0.1, 0.15) is 0 Å². The summed E-state index contributed by atoms with van der Waals surface area (Å²) >= 11 is 0. The number of rotatable bonds is 0. The topological polar surface area (TPSA) is 150 Å². The summed E-state index contributed by atoms with van der Waals surface area (Å²) in [5.41, 5.74) is 0. The first-order valence-corrected chi connectivity index (χ1v) is 1.07. The molecule has 0 bridgehead atoms. The Morgan fingerprint density at radius 1 is 0.889 bits per heavy atom. The molecule has 0 spiro atoms. The summed E-state index contributed by atoms with van der Waals surface area (Å²) in [4.78, 5) is 17.9. The van der Waals surface area contributed by atoms with E-state index in [1.54, 1.807) is 0 Å². The van der Waals surface area contributed by atoms with E-state index >= 15 is 0 Å². The largest absolute Gasteiger partial charge is 2.00 e. The van der Waals surface area contributed by atoms with Crippen LogP contribution in [0.2, 0.25) is 0 Å². The van der Waals surface area contributed by atoms with Crippen LogP contribution in [0.5, 0.6) is 0 Å². The monoisotopic (exact) mass is 317 g/mol. The molecule has 0 aromatic carbocycles. The summed E-state index contributed by atoms with van der Waals surface area (Å²) in [5.74, 6) is -4.37. The van der Waals surface area contributed by atoms with Crippen LogP contribution in [0, 0.1) is 0 Å². The van der Waals surface area contributed by atoms with Crippen molar-refractivity contribution in [2.45, 2.75) is 0 Å². The Morgan fingerprint density at radius 3 is 1.00 bits per heavy atom. The van der Waals surface area contributed by atoms with Gasteiger partial charge in [0.05, 0.1) is 11.9 Å². The average molecular weight is 317 g/mol. The number of hydrogen-bond acceptors (Lipinski definition) is 6. The van der Waals surface area contributed by atoms with Crippen molar-refractivity contribution in [2.24, 2.45) is 0 Å². The number of carboxylic acids is 2. The molecule has 0 aromatic rings. The van der Waals surface area contributed by atoms with E-state index in [1.807, 2.05) is 0 Å². The summed E-state index contributed by atoms with van der Waals surface area (Å²) in [5, 5.41) is 17.9. The number of aliphatic carboxylic acids is 2. The Labute approximate surface area is 65.7 Å². The normalized spacial score (nSPS) is 4.89. The zero-order valence-electron chi connectivity index (χ0n) is 4.36. The molecule has 0 radical (unpaired) electrons. The first-order chi connectivity index (χ1) is 2.64. The van der Waals surface area contributed by atoms with Crippen LogP contribution < -0.4 is 22.5 Å². The van der Waals surface area contributed by atoms with Crippen molar-refractivity contribution in [1.82, 2.24) is 12.3 Å².